The summed E-state index contributed by atoms with van der Waals surface area (Å²) in [5, 5.41) is 13.6. The average Bonchev–Trinajstić information content (AvgIpc) is 3.14. The Morgan fingerprint density at radius 3 is 3.10 bits per heavy atom. The SMILES string of the molecule is CCN(Cc1nn[nH]n1)C(=O)c1cccc2nccn12. The van der Waals surface area contributed by atoms with Gasteiger partial charge in [-0.1, -0.05) is 11.3 Å². The highest BCUT2D eigenvalue weighted by Gasteiger charge is 2.18. The molecule has 3 aromatic heterocycles. The second-order valence-electron chi connectivity index (χ2n) is 4.21. The maximum absolute atomic E-state index is 12.6. The predicted octanol–water partition coefficient (Wildman–Crippen LogP) is 0.510. The number of aromatic amines is 1. The first-order valence-corrected chi connectivity index (χ1v) is 6.23. The van der Waals surface area contributed by atoms with Gasteiger partial charge in [-0.3, -0.25) is 9.20 Å². The van der Waals surface area contributed by atoms with Crippen LogP contribution in [0.2, 0.25) is 0 Å². The third-order valence-electron chi connectivity index (χ3n) is 3.04. The van der Waals surface area contributed by atoms with Gasteiger partial charge < -0.3 is 4.90 Å². The van der Waals surface area contributed by atoms with Crippen molar-refractivity contribution in [3.63, 3.8) is 0 Å². The largest absolute Gasteiger partial charge is 0.330 e. The number of aromatic nitrogens is 6. The van der Waals surface area contributed by atoms with Gasteiger partial charge in [-0.15, -0.1) is 10.2 Å². The second-order valence-corrected chi connectivity index (χ2v) is 4.21. The Kier molecular flexibility index (Phi) is 3.12. The lowest BCUT2D eigenvalue weighted by atomic mass is 10.3. The van der Waals surface area contributed by atoms with Crippen LogP contribution in [0.4, 0.5) is 0 Å². The quantitative estimate of drug-likeness (QED) is 0.746. The summed E-state index contributed by atoms with van der Waals surface area (Å²) in [4.78, 5) is 18.4. The van der Waals surface area contributed by atoms with Crippen molar-refractivity contribution in [3.8, 4) is 0 Å². The molecule has 0 radical (unpaired) electrons. The van der Waals surface area contributed by atoms with Crippen LogP contribution in [0.25, 0.3) is 5.65 Å². The fraction of sp³-hybridized carbons (Fsp3) is 0.250. The molecule has 1 N–H and O–H groups in total. The van der Waals surface area contributed by atoms with E-state index in [-0.39, 0.29) is 5.91 Å². The van der Waals surface area contributed by atoms with Crippen LogP contribution in [0.3, 0.4) is 0 Å². The summed E-state index contributed by atoms with van der Waals surface area (Å²) in [5.74, 6) is 0.388. The molecule has 0 bridgehead atoms. The smallest absolute Gasteiger partial charge is 0.271 e. The predicted molar refractivity (Wildman–Crippen MR) is 69.8 cm³/mol. The molecule has 1 amide bonds. The summed E-state index contributed by atoms with van der Waals surface area (Å²) >= 11 is 0. The van der Waals surface area contributed by atoms with Crippen LogP contribution < -0.4 is 0 Å². The van der Waals surface area contributed by atoms with Gasteiger partial charge in [0.05, 0.1) is 6.54 Å². The number of imidazole rings is 1. The number of tetrazole rings is 1. The van der Waals surface area contributed by atoms with E-state index in [1.54, 1.807) is 27.8 Å². The number of nitrogens with zero attached hydrogens (tertiary/aromatic N) is 6. The van der Waals surface area contributed by atoms with Crippen LogP contribution in [0.5, 0.6) is 0 Å². The first-order chi connectivity index (χ1) is 9.79. The van der Waals surface area contributed by atoms with Gasteiger partial charge in [0.1, 0.15) is 11.3 Å². The van der Waals surface area contributed by atoms with E-state index >= 15 is 0 Å². The van der Waals surface area contributed by atoms with Crippen molar-refractivity contribution in [1.82, 2.24) is 34.9 Å². The van der Waals surface area contributed by atoms with E-state index in [9.17, 15) is 4.79 Å². The molecule has 0 atom stereocenters. The zero-order chi connectivity index (χ0) is 13.9. The molecule has 0 saturated heterocycles. The average molecular weight is 271 g/mol. The number of carbonyl (C=O) groups excluding carboxylic acids is 1. The number of amides is 1. The molecule has 0 aromatic carbocycles. The third-order valence-corrected chi connectivity index (χ3v) is 3.04. The molecule has 3 aromatic rings. The summed E-state index contributed by atoms with van der Waals surface area (Å²) in [6.07, 6.45) is 3.44. The van der Waals surface area contributed by atoms with Gasteiger partial charge in [-0.25, -0.2) is 4.98 Å². The first kappa shape index (κ1) is 12.3. The Labute approximate surface area is 114 Å². The maximum Gasteiger partial charge on any atom is 0.271 e. The van der Waals surface area contributed by atoms with Crippen molar-refractivity contribution >= 4 is 11.6 Å². The minimum absolute atomic E-state index is 0.0964. The van der Waals surface area contributed by atoms with Gasteiger partial charge in [0.25, 0.3) is 5.91 Å². The lowest BCUT2D eigenvalue weighted by Crippen LogP contribution is -2.32. The van der Waals surface area contributed by atoms with Gasteiger partial charge in [-0.2, -0.15) is 5.21 Å². The van der Waals surface area contributed by atoms with E-state index in [0.29, 0.717) is 24.6 Å². The first-order valence-electron chi connectivity index (χ1n) is 6.23. The zero-order valence-corrected chi connectivity index (χ0v) is 10.9. The summed E-state index contributed by atoms with van der Waals surface area (Å²) in [6, 6.07) is 5.44. The van der Waals surface area contributed by atoms with Gasteiger partial charge in [-0.05, 0) is 19.1 Å². The number of fused-ring (bicyclic) bond motifs is 1. The molecule has 0 aliphatic heterocycles. The number of pyridine rings is 1. The van der Waals surface area contributed by atoms with Gasteiger partial charge in [0, 0.05) is 18.9 Å². The van der Waals surface area contributed by atoms with Gasteiger partial charge >= 0.3 is 0 Å². The third kappa shape index (κ3) is 2.11. The Balaban J connectivity index is 1.92. The van der Waals surface area contributed by atoms with Crippen molar-refractivity contribution in [2.75, 3.05) is 6.54 Å². The second kappa shape index (κ2) is 5.08. The molecule has 0 spiro atoms. The molecule has 3 heterocycles. The van der Waals surface area contributed by atoms with Crippen molar-refractivity contribution in [2.45, 2.75) is 13.5 Å². The molecule has 0 unspecified atom stereocenters. The monoisotopic (exact) mass is 271 g/mol. The molecular formula is C12H13N7O. The molecule has 0 aliphatic rings. The van der Waals surface area contributed by atoms with E-state index < -0.39 is 0 Å². The fourth-order valence-electron chi connectivity index (χ4n) is 2.03. The van der Waals surface area contributed by atoms with Crippen LogP contribution in [0.15, 0.2) is 30.6 Å². The van der Waals surface area contributed by atoms with Crippen LogP contribution in [-0.2, 0) is 6.54 Å². The van der Waals surface area contributed by atoms with E-state index in [2.05, 4.69) is 25.6 Å². The highest BCUT2D eigenvalue weighted by atomic mass is 16.2. The van der Waals surface area contributed by atoms with Crippen LogP contribution in [-0.4, -0.2) is 47.4 Å². The topological polar surface area (TPSA) is 92.1 Å². The Morgan fingerprint density at radius 2 is 2.35 bits per heavy atom. The molecule has 0 aliphatic carbocycles. The van der Waals surface area contributed by atoms with Crippen molar-refractivity contribution in [3.05, 3.63) is 42.1 Å². The molecule has 8 heteroatoms. The summed E-state index contributed by atoms with van der Waals surface area (Å²) in [5.41, 5.74) is 1.30. The Morgan fingerprint density at radius 1 is 1.45 bits per heavy atom. The number of nitrogens with one attached hydrogen (secondary N) is 1. The van der Waals surface area contributed by atoms with E-state index in [4.69, 9.17) is 0 Å². The number of H-pyrrole nitrogens is 1. The molecule has 102 valence electrons. The lowest BCUT2D eigenvalue weighted by molar-refractivity contribution is 0.0741. The normalized spacial score (nSPS) is 10.8. The highest BCUT2D eigenvalue weighted by Crippen LogP contribution is 2.10. The Bertz CT molecular complexity index is 718. The maximum atomic E-state index is 12.6. The number of carbonyl (C=O) groups is 1. The molecular weight excluding hydrogens is 258 g/mol. The minimum Gasteiger partial charge on any atom is -0.330 e. The van der Waals surface area contributed by atoms with E-state index in [1.807, 2.05) is 19.1 Å². The molecule has 20 heavy (non-hydrogen) atoms. The van der Waals surface area contributed by atoms with Crippen molar-refractivity contribution in [2.24, 2.45) is 0 Å². The summed E-state index contributed by atoms with van der Waals surface area (Å²) < 4.78 is 1.77. The van der Waals surface area contributed by atoms with E-state index in [0.717, 1.165) is 5.65 Å². The number of hydrogen-bond acceptors (Lipinski definition) is 5. The minimum atomic E-state index is -0.0964. The molecule has 8 nitrogen and oxygen atoms in total. The molecule has 3 rings (SSSR count). The molecule has 0 fully saturated rings. The Hall–Kier alpha value is -2.77. The van der Waals surface area contributed by atoms with Crippen molar-refractivity contribution in [1.29, 1.82) is 0 Å². The number of hydrogen-bond donors (Lipinski definition) is 1. The van der Waals surface area contributed by atoms with Crippen LogP contribution in [0, 0.1) is 0 Å². The van der Waals surface area contributed by atoms with Gasteiger partial charge in [0.2, 0.25) is 0 Å². The zero-order valence-electron chi connectivity index (χ0n) is 10.9. The van der Waals surface area contributed by atoms with Gasteiger partial charge in [0.15, 0.2) is 5.82 Å². The molecule has 0 saturated carbocycles. The van der Waals surface area contributed by atoms with Crippen molar-refractivity contribution < 1.29 is 4.79 Å². The summed E-state index contributed by atoms with van der Waals surface area (Å²) in [6.45, 7) is 2.78. The number of rotatable bonds is 4. The van der Waals surface area contributed by atoms with Crippen LogP contribution >= 0.6 is 0 Å². The van der Waals surface area contributed by atoms with Crippen LogP contribution in [0.1, 0.15) is 23.2 Å². The summed E-state index contributed by atoms with van der Waals surface area (Å²) in [7, 11) is 0. The highest BCUT2D eigenvalue weighted by molar-refractivity contribution is 5.93. The standard InChI is InChI=1S/C12H13N7O/c1-2-18(8-10-14-16-17-15-10)12(20)9-4-3-5-11-13-6-7-19(9)11/h3-7H,2,8H2,1H3,(H,14,15,16,17). The van der Waals surface area contributed by atoms with E-state index in [1.165, 1.54) is 0 Å². The fourth-order valence-corrected chi connectivity index (χ4v) is 2.03. The lowest BCUT2D eigenvalue weighted by Gasteiger charge is -2.19.